The second-order valence-electron chi connectivity index (χ2n) is 5.40. The molecule has 3 rings (SSSR count). The fourth-order valence-electron chi connectivity index (χ4n) is 2.35. The lowest BCUT2D eigenvalue weighted by Crippen LogP contribution is -2.11. The Bertz CT molecular complexity index is 774. The molecular weight excluding hydrogens is 260 g/mol. The lowest BCUT2D eigenvalue weighted by Gasteiger charge is -2.01. The maximum absolute atomic E-state index is 5.88. The molecule has 2 aromatic carbocycles. The average Bonchev–Trinajstić information content (AvgIpc) is 2.91. The van der Waals surface area contributed by atoms with Crippen molar-refractivity contribution in [3.05, 3.63) is 53.1 Å². The predicted octanol–water partition coefficient (Wildman–Crippen LogP) is 4.22. The Hall–Kier alpha value is -2.13. The van der Waals surface area contributed by atoms with Crippen molar-refractivity contribution >= 4 is 11.1 Å². The molecule has 3 aromatic rings. The van der Waals surface area contributed by atoms with E-state index >= 15 is 0 Å². The molecule has 0 bridgehead atoms. The van der Waals surface area contributed by atoms with Crippen LogP contribution in [0.15, 0.2) is 40.8 Å². The van der Waals surface area contributed by atoms with E-state index in [2.05, 4.69) is 61.4 Å². The maximum Gasteiger partial charge on any atom is 0.227 e. The summed E-state index contributed by atoms with van der Waals surface area (Å²) in [6, 6.07) is 12.5. The Morgan fingerprint density at radius 1 is 1.05 bits per heavy atom. The van der Waals surface area contributed by atoms with E-state index in [-0.39, 0.29) is 0 Å². The first-order chi connectivity index (χ1) is 10.2. The molecule has 0 radical (unpaired) electrons. The zero-order chi connectivity index (χ0) is 14.8. The highest BCUT2D eigenvalue weighted by Crippen LogP contribution is 2.26. The Balaban J connectivity index is 1.98. The van der Waals surface area contributed by atoms with Gasteiger partial charge in [0.1, 0.15) is 5.52 Å². The minimum Gasteiger partial charge on any atom is -0.436 e. The summed E-state index contributed by atoms with van der Waals surface area (Å²) in [7, 11) is 0. The molecule has 1 heterocycles. The number of hydrogen-bond acceptors (Lipinski definition) is 3. The summed E-state index contributed by atoms with van der Waals surface area (Å²) in [5.74, 6) is 0.689. The number of nitrogens with zero attached hydrogens (tertiary/aromatic N) is 1. The summed E-state index contributed by atoms with van der Waals surface area (Å²) in [5, 5.41) is 3.32. The van der Waals surface area contributed by atoms with Crippen molar-refractivity contribution in [3.8, 4) is 11.5 Å². The first kappa shape index (κ1) is 13.8. The topological polar surface area (TPSA) is 38.1 Å². The van der Waals surface area contributed by atoms with Gasteiger partial charge in [-0.05, 0) is 61.3 Å². The smallest absolute Gasteiger partial charge is 0.227 e. The van der Waals surface area contributed by atoms with Crippen molar-refractivity contribution in [2.24, 2.45) is 0 Å². The largest absolute Gasteiger partial charge is 0.436 e. The Morgan fingerprint density at radius 3 is 2.67 bits per heavy atom. The molecule has 21 heavy (non-hydrogen) atoms. The van der Waals surface area contributed by atoms with Gasteiger partial charge in [-0.2, -0.15) is 0 Å². The molecule has 1 N–H and O–H groups in total. The highest BCUT2D eigenvalue weighted by atomic mass is 16.3. The van der Waals surface area contributed by atoms with Crippen LogP contribution in [0.1, 0.15) is 23.6 Å². The third kappa shape index (κ3) is 2.83. The third-order valence-corrected chi connectivity index (χ3v) is 3.78. The number of aromatic nitrogens is 1. The van der Waals surface area contributed by atoms with Crippen molar-refractivity contribution in [3.63, 3.8) is 0 Å². The molecule has 3 heteroatoms. The summed E-state index contributed by atoms with van der Waals surface area (Å²) in [5.41, 5.74) is 6.54. The van der Waals surface area contributed by atoms with Crippen LogP contribution in [0.5, 0.6) is 0 Å². The quantitative estimate of drug-likeness (QED) is 0.777. The van der Waals surface area contributed by atoms with Crippen LogP contribution in [0.25, 0.3) is 22.6 Å². The molecule has 0 atom stereocenters. The van der Waals surface area contributed by atoms with Crippen LogP contribution < -0.4 is 5.32 Å². The Morgan fingerprint density at radius 2 is 1.90 bits per heavy atom. The van der Waals surface area contributed by atoms with Gasteiger partial charge in [0, 0.05) is 12.1 Å². The monoisotopic (exact) mass is 280 g/mol. The van der Waals surface area contributed by atoms with Gasteiger partial charge in [0.2, 0.25) is 5.89 Å². The predicted molar refractivity (Wildman–Crippen MR) is 86.3 cm³/mol. The van der Waals surface area contributed by atoms with Crippen LogP contribution >= 0.6 is 0 Å². The zero-order valence-electron chi connectivity index (χ0n) is 12.7. The molecule has 3 nitrogen and oxygen atoms in total. The fourth-order valence-corrected chi connectivity index (χ4v) is 2.35. The molecule has 1 aromatic heterocycles. The maximum atomic E-state index is 5.88. The molecule has 0 amide bonds. The lowest BCUT2D eigenvalue weighted by atomic mass is 10.1. The normalized spacial score (nSPS) is 11.2. The SMILES string of the molecule is CCNCc1ccc2oc(-c3ccc(C)c(C)c3)nc2c1. The summed E-state index contributed by atoms with van der Waals surface area (Å²) in [6.07, 6.45) is 0. The Kier molecular flexibility index (Phi) is 3.76. The van der Waals surface area contributed by atoms with Crippen LogP contribution in [-0.2, 0) is 6.54 Å². The Labute approximate surface area is 125 Å². The summed E-state index contributed by atoms with van der Waals surface area (Å²) >= 11 is 0. The van der Waals surface area contributed by atoms with Gasteiger partial charge >= 0.3 is 0 Å². The summed E-state index contributed by atoms with van der Waals surface area (Å²) < 4.78 is 5.88. The molecule has 0 aliphatic heterocycles. The van der Waals surface area contributed by atoms with E-state index in [0.29, 0.717) is 5.89 Å². The van der Waals surface area contributed by atoms with E-state index in [0.717, 1.165) is 29.8 Å². The molecule has 0 aliphatic rings. The minimum absolute atomic E-state index is 0.689. The molecule has 0 saturated carbocycles. The van der Waals surface area contributed by atoms with Gasteiger partial charge in [0.05, 0.1) is 0 Å². The molecule has 0 fully saturated rings. The number of rotatable bonds is 4. The summed E-state index contributed by atoms with van der Waals surface area (Å²) in [6.45, 7) is 8.14. The average molecular weight is 280 g/mol. The fraction of sp³-hybridized carbons (Fsp3) is 0.278. The van der Waals surface area contributed by atoms with Gasteiger partial charge in [0.25, 0.3) is 0 Å². The molecule has 108 valence electrons. The van der Waals surface area contributed by atoms with Crippen LogP contribution in [-0.4, -0.2) is 11.5 Å². The van der Waals surface area contributed by atoms with E-state index in [1.54, 1.807) is 0 Å². The molecule has 0 spiro atoms. The first-order valence-corrected chi connectivity index (χ1v) is 7.35. The van der Waals surface area contributed by atoms with Crippen molar-refractivity contribution in [1.29, 1.82) is 0 Å². The highest BCUT2D eigenvalue weighted by molar-refractivity contribution is 5.77. The highest BCUT2D eigenvalue weighted by Gasteiger charge is 2.09. The van der Waals surface area contributed by atoms with Gasteiger partial charge in [-0.1, -0.05) is 19.1 Å². The van der Waals surface area contributed by atoms with E-state index in [1.165, 1.54) is 16.7 Å². The third-order valence-electron chi connectivity index (χ3n) is 3.78. The van der Waals surface area contributed by atoms with Gasteiger partial charge in [-0.15, -0.1) is 0 Å². The lowest BCUT2D eigenvalue weighted by molar-refractivity contribution is 0.619. The van der Waals surface area contributed by atoms with E-state index < -0.39 is 0 Å². The van der Waals surface area contributed by atoms with Gasteiger partial charge in [0.15, 0.2) is 5.58 Å². The van der Waals surface area contributed by atoms with Crippen molar-refractivity contribution < 1.29 is 4.42 Å². The van der Waals surface area contributed by atoms with Crippen LogP contribution in [0.4, 0.5) is 0 Å². The minimum atomic E-state index is 0.689. The van der Waals surface area contributed by atoms with Crippen LogP contribution in [0, 0.1) is 13.8 Å². The molecule has 0 aliphatic carbocycles. The zero-order valence-corrected chi connectivity index (χ0v) is 12.7. The number of oxazole rings is 1. The molecular formula is C18H20N2O. The van der Waals surface area contributed by atoms with Gasteiger partial charge < -0.3 is 9.73 Å². The number of aryl methyl sites for hydroxylation is 2. The van der Waals surface area contributed by atoms with Crippen LogP contribution in [0.2, 0.25) is 0 Å². The number of benzene rings is 2. The van der Waals surface area contributed by atoms with Crippen molar-refractivity contribution in [2.75, 3.05) is 6.54 Å². The second-order valence-corrected chi connectivity index (χ2v) is 5.40. The first-order valence-electron chi connectivity index (χ1n) is 7.35. The van der Waals surface area contributed by atoms with Gasteiger partial charge in [-0.3, -0.25) is 0 Å². The van der Waals surface area contributed by atoms with Crippen molar-refractivity contribution in [1.82, 2.24) is 10.3 Å². The molecule has 0 saturated heterocycles. The number of nitrogens with one attached hydrogen (secondary N) is 1. The molecule has 0 unspecified atom stereocenters. The van der Waals surface area contributed by atoms with E-state index in [4.69, 9.17) is 4.42 Å². The van der Waals surface area contributed by atoms with E-state index in [9.17, 15) is 0 Å². The van der Waals surface area contributed by atoms with Gasteiger partial charge in [-0.25, -0.2) is 4.98 Å². The number of hydrogen-bond donors (Lipinski definition) is 1. The van der Waals surface area contributed by atoms with Crippen LogP contribution in [0.3, 0.4) is 0 Å². The number of fused-ring (bicyclic) bond motifs is 1. The van der Waals surface area contributed by atoms with E-state index in [1.807, 2.05) is 6.07 Å². The standard InChI is InChI=1S/C18H20N2O/c1-4-19-11-14-6-8-17-16(10-14)20-18(21-17)15-7-5-12(2)13(3)9-15/h5-10,19H,4,11H2,1-3H3. The second kappa shape index (κ2) is 5.70. The van der Waals surface area contributed by atoms with Crippen molar-refractivity contribution in [2.45, 2.75) is 27.3 Å². The summed E-state index contributed by atoms with van der Waals surface area (Å²) in [4.78, 5) is 4.63.